The molecule has 0 radical (unpaired) electrons. The lowest BCUT2D eigenvalue weighted by Gasteiger charge is -2.36. The van der Waals surface area contributed by atoms with Gasteiger partial charge in [0.05, 0.1) is 13.2 Å². The maximum absolute atomic E-state index is 14.4. The van der Waals surface area contributed by atoms with Crippen LogP contribution in [0.5, 0.6) is 11.5 Å². The third-order valence-corrected chi connectivity index (χ3v) is 9.48. The lowest BCUT2D eigenvalue weighted by Crippen LogP contribution is -2.61. The van der Waals surface area contributed by atoms with Crippen LogP contribution in [0, 0.1) is 11.8 Å². The summed E-state index contributed by atoms with van der Waals surface area (Å²) < 4.78 is 11.9. The Hall–Kier alpha value is -3.60. The van der Waals surface area contributed by atoms with Gasteiger partial charge < -0.3 is 29.9 Å². The Labute approximate surface area is 261 Å². The normalized spacial score (nSPS) is 24.5. The minimum atomic E-state index is -0.946. The number of methoxy groups -OCH3 is 1. The Kier molecular flexibility index (Phi) is 10.9. The highest BCUT2D eigenvalue weighted by Gasteiger charge is 2.50. The number of nitrogens with zero attached hydrogens (tertiary/aromatic N) is 3. The third-order valence-electron chi connectivity index (χ3n) is 9.48. The smallest absolute Gasteiger partial charge is 0.249 e. The molecule has 2 bridgehead atoms. The van der Waals surface area contributed by atoms with E-state index in [4.69, 9.17) is 9.47 Å². The second kappa shape index (κ2) is 14.5. The molecule has 44 heavy (non-hydrogen) atoms. The predicted octanol–water partition coefficient (Wildman–Crippen LogP) is 2.64. The first-order valence-electron chi connectivity index (χ1n) is 15.9. The number of hydrogen-bond donors (Lipinski definition) is 2. The molecule has 11 heteroatoms. The van der Waals surface area contributed by atoms with Crippen LogP contribution in [0.1, 0.15) is 65.4 Å². The molecule has 1 aromatic rings. The van der Waals surface area contributed by atoms with Crippen LogP contribution in [0.3, 0.4) is 0 Å². The minimum absolute atomic E-state index is 0.0846. The van der Waals surface area contributed by atoms with Crippen LogP contribution in [-0.2, 0) is 19.2 Å². The van der Waals surface area contributed by atoms with Crippen LogP contribution in [0.15, 0.2) is 24.4 Å². The average molecular weight is 612 g/mol. The highest BCUT2D eigenvalue weighted by atomic mass is 16.5. The summed E-state index contributed by atoms with van der Waals surface area (Å²) >= 11 is 0. The van der Waals surface area contributed by atoms with Crippen molar-refractivity contribution in [1.82, 2.24) is 25.3 Å². The zero-order valence-corrected chi connectivity index (χ0v) is 27.2. The first-order chi connectivity index (χ1) is 21.0. The highest BCUT2D eigenvalue weighted by Crippen LogP contribution is 2.32. The average Bonchev–Trinajstić information content (AvgIpc) is 3.66. The van der Waals surface area contributed by atoms with Gasteiger partial charge in [-0.25, -0.2) is 0 Å². The molecule has 1 aromatic carbocycles. The molecule has 7 unspecified atom stereocenters. The van der Waals surface area contributed by atoms with Gasteiger partial charge in [0.15, 0.2) is 0 Å². The number of carbonyl (C=O) groups is 4. The lowest BCUT2D eigenvalue weighted by molar-refractivity contribution is -0.150. The molecule has 2 N–H and O–H groups in total. The molecule has 0 spiro atoms. The van der Waals surface area contributed by atoms with E-state index < -0.39 is 30.3 Å². The monoisotopic (exact) mass is 611 g/mol. The van der Waals surface area contributed by atoms with Crippen molar-refractivity contribution in [3.63, 3.8) is 0 Å². The van der Waals surface area contributed by atoms with Crippen molar-refractivity contribution in [2.75, 3.05) is 34.3 Å². The van der Waals surface area contributed by atoms with Gasteiger partial charge in [-0.15, -0.1) is 0 Å². The summed E-state index contributed by atoms with van der Waals surface area (Å²) in [6.45, 7) is 8.71. The molecule has 4 amide bonds. The SMILES string of the molecule is CCC(C)C(NC(=O)C(C(C)CC)N(C)C)C(=O)N1CCC2Oc3ccc(OC)c(c3)C=CNC(=O)C3CCCN3C(=O)C21. The molecular formula is C33H49N5O6. The van der Waals surface area contributed by atoms with E-state index in [9.17, 15) is 19.2 Å². The fraction of sp³-hybridized carbons (Fsp3) is 0.636. The van der Waals surface area contributed by atoms with Crippen molar-refractivity contribution >= 4 is 29.7 Å². The second-order valence-electron chi connectivity index (χ2n) is 12.5. The van der Waals surface area contributed by atoms with E-state index in [1.165, 1.54) is 0 Å². The molecule has 3 aliphatic heterocycles. The summed E-state index contributed by atoms with van der Waals surface area (Å²) in [5.74, 6) is -0.0456. The number of nitrogens with one attached hydrogen (secondary N) is 2. The van der Waals surface area contributed by atoms with Crippen LogP contribution in [0.4, 0.5) is 0 Å². The van der Waals surface area contributed by atoms with Gasteiger partial charge in [-0.3, -0.25) is 24.1 Å². The summed E-state index contributed by atoms with van der Waals surface area (Å²) in [6, 6.07) is 2.53. The standard InChI is InChI=1S/C33H49N5O6/c1-8-20(3)27(35-31(40)28(36(5)6)21(4)9-2)32(41)38-18-15-26-29(38)33(42)37-17-10-11-24(37)30(39)34-16-14-22-19-23(44-26)12-13-25(22)43-7/h12-14,16,19-21,24,26-29H,8-11,15,17-18H2,1-7H3,(H,34,39)(H,35,40). The number of benzene rings is 1. The third kappa shape index (κ3) is 6.87. The Balaban J connectivity index is 1.71. The van der Waals surface area contributed by atoms with Crippen molar-refractivity contribution in [2.45, 2.75) is 90.1 Å². The van der Waals surface area contributed by atoms with E-state index in [-0.39, 0.29) is 35.5 Å². The molecule has 7 atom stereocenters. The van der Waals surface area contributed by atoms with E-state index in [0.29, 0.717) is 55.8 Å². The Morgan fingerprint density at radius 1 is 1.11 bits per heavy atom. The molecule has 242 valence electrons. The van der Waals surface area contributed by atoms with Gasteiger partial charge >= 0.3 is 0 Å². The first kappa shape index (κ1) is 33.3. The van der Waals surface area contributed by atoms with Crippen LogP contribution in [0.25, 0.3) is 6.08 Å². The Bertz CT molecular complexity index is 1250. The number of likely N-dealkylation sites (tertiary alicyclic amines) is 1. The minimum Gasteiger partial charge on any atom is -0.496 e. The molecule has 2 saturated heterocycles. The number of rotatable bonds is 9. The summed E-state index contributed by atoms with van der Waals surface area (Å²) in [5.41, 5.74) is 0.706. The first-order valence-corrected chi connectivity index (χ1v) is 15.9. The fourth-order valence-corrected chi connectivity index (χ4v) is 6.63. The van der Waals surface area contributed by atoms with Gasteiger partial charge in [0, 0.05) is 31.3 Å². The van der Waals surface area contributed by atoms with Crippen molar-refractivity contribution in [3.05, 3.63) is 30.0 Å². The topological polar surface area (TPSA) is 121 Å². The second-order valence-corrected chi connectivity index (χ2v) is 12.5. The van der Waals surface area contributed by atoms with Gasteiger partial charge in [-0.2, -0.15) is 0 Å². The number of carbonyl (C=O) groups excluding carboxylic acids is 4. The predicted molar refractivity (Wildman–Crippen MR) is 168 cm³/mol. The molecule has 11 nitrogen and oxygen atoms in total. The molecule has 4 rings (SSSR count). The highest BCUT2D eigenvalue weighted by molar-refractivity contribution is 5.96. The van der Waals surface area contributed by atoms with Crippen molar-refractivity contribution in [1.29, 1.82) is 0 Å². The summed E-state index contributed by atoms with van der Waals surface area (Å²) in [6.07, 6.45) is 5.77. The molecule has 0 saturated carbocycles. The molecular weight excluding hydrogens is 562 g/mol. The van der Waals surface area contributed by atoms with Crippen LogP contribution < -0.4 is 20.1 Å². The number of likely N-dealkylation sites (N-methyl/N-ethyl adjacent to an activating group) is 1. The number of ether oxygens (including phenoxy) is 2. The van der Waals surface area contributed by atoms with Crippen LogP contribution >= 0.6 is 0 Å². The van der Waals surface area contributed by atoms with Gasteiger partial charge in [0.25, 0.3) is 0 Å². The molecule has 3 aliphatic rings. The quantitative estimate of drug-likeness (QED) is 0.441. The summed E-state index contributed by atoms with van der Waals surface area (Å²) in [5, 5.41) is 5.90. The molecule has 0 aliphatic carbocycles. The van der Waals surface area contributed by atoms with E-state index in [0.717, 1.165) is 6.42 Å². The van der Waals surface area contributed by atoms with Gasteiger partial charge in [0.2, 0.25) is 23.6 Å². The van der Waals surface area contributed by atoms with Crippen LogP contribution in [0.2, 0.25) is 0 Å². The van der Waals surface area contributed by atoms with E-state index in [2.05, 4.69) is 10.6 Å². The lowest BCUT2D eigenvalue weighted by atomic mass is 9.94. The van der Waals surface area contributed by atoms with E-state index >= 15 is 0 Å². The zero-order valence-electron chi connectivity index (χ0n) is 27.2. The molecule has 0 aromatic heterocycles. The summed E-state index contributed by atoms with van der Waals surface area (Å²) in [7, 11) is 5.31. The molecule has 2 fully saturated rings. The number of hydrogen-bond acceptors (Lipinski definition) is 7. The fourth-order valence-electron chi connectivity index (χ4n) is 6.63. The summed E-state index contributed by atoms with van der Waals surface area (Å²) in [4.78, 5) is 60.7. The van der Waals surface area contributed by atoms with Gasteiger partial charge in [-0.1, -0.05) is 40.5 Å². The van der Waals surface area contributed by atoms with Crippen molar-refractivity contribution in [3.8, 4) is 11.5 Å². The number of amides is 4. The molecule has 3 heterocycles. The Morgan fingerprint density at radius 3 is 2.50 bits per heavy atom. The van der Waals surface area contributed by atoms with Crippen molar-refractivity contribution in [2.24, 2.45) is 11.8 Å². The van der Waals surface area contributed by atoms with E-state index in [1.807, 2.05) is 46.7 Å². The van der Waals surface area contributed by atoms with Gasteiger partial charge in [0.1, 0.15) is 35.7 Å². The van der Waals surface area contributed by atoms with E-state index in [1.54, 1.807) is 47.4 Å². The largest absolute Gasteiger partial charge is 0.496 e. The van der Waals surface area contributed by atoms with Crippen molar-refractivity contribution < 1.29 is 28.7 Å². The maximum atomic E-state index is 14.4. The zero-order chi connectivity index (χ0) is 32.1. The number of fused-ring (bicyclic) bond motifs is 4. The van der Waals surface area contributed by atoms with Crippen LogP contribution in [-0.4, -0.2) is 103 Å². The Morgan fingerprint density at radius 2 is 1.84 bits per heavy atom. The van der Waals surface area contributed by atoms with Gasteiger partial charge in [-0.05, 0) is 63.0 Å². The maximum Gasteiger partial charge on any atom is 0.249 e.